The van der Waals surface area contributed by atoms with Gasteiger partial charge in [-0.3, -0.25) is 4.90 Å². The van der Waals surface area contributed by atoms with Crippen LogP contribution >= 0.6 is 47.3 Å². The van der Waals surface area contributed by atoms with Gasteiger partial charge in [0.2, 0.25) is 0 Å². The average Bonchev–Trinajstić information content (AvgIpc) is 1.14. The number of alkyl halides is 2. The zero-order valence-corrected chi connectivity index (χ0v) is 105. The zero-order chi connectivity index (χ0) is 110. The van der Waals surface area contributed by atoms with Crippen LogP contribution in [0.25, 0.3) is 0 Å². The minimum atomic E-state index is -1.95. The molecule has 0 aromatic heterocycles. The van der Waals surface area contributed by atoms with Gasteiger partial charge in [-0.2, -0.15) is 0 Å². The summed E-state index contributed by atoms with van der Waals surface area (Å²) in [6.45, 7) is 22.9. The Labute approximate surface area is 947 Å². The Bertz CT molecular complexity index is 2500. The van der Waals surface area contributed by atoms with Crippen LogP contribution in [0.3, 0.4) is 0 Å². The van der Waals surface area contributed by atoms with E-state index in [4.69, 9.17) is 71.0 Å². The maximum absolute atomic E-state index is 13.0. The highest BCUT2D eigenvalue weighted by atomic mass is 35.5. The van der Waals surface area contributed by atoms with Gasteiger partial charge in [-0.1, -0.05) is 523 Å². The topological polar surface area (TPSA) is 304 Å². The Balaban J connectivity index is -0.000000653. The van der Waals surface area contributed by atoms with E-state index >= 15 is 0 Å². The summed E-state index contributed by atoms with van der Waals surface area (Å²) in [5, 5.41) is 84.0. The highest BCUT2D eigenvalue weighted by molar-refractivity contribution is 7.39. The van der Waals surface area contributed by atoms with Gasteiger partial charge in [0.05, 0.1) is 90.3 Å². The summed E-state index contributed by atoms with van der Waals surface area (Å²) >= 11 is 11.0. The Morgan fingerprint density at radius 2 is 0.480 bits per heavy atom. The maximum atomic E-state index is 13.0. The molecule has 1 aliphatic heterocycles. The third-order valence-electron chi connectivity index (χ3n) is 29.1. The molecule has 21 nitrogen and oxygen atoms in total. The second kappa shape index (κ2) is 136. The lowest BCUT2D eigenvalue weighted by molar-refractivity contribution is -0.931. The molecular weight excluding hydrogens is 2010 g/mol. The van der Waals surface area contributed by atoms with E-state index < -0.39 is 42.4 Å². The Kier molecular flexibility index (Phi) is 144. The second-order valence-corrected chi connectivity index (χ2v) is 48.7. The molecular formula is C123H255Cl3N2O19P3+3. The fourth-order valence-corrected chi connectivity index (χ4v) is 23.0. The molecule has 0 radical (unpaired) electrons. The number of epoxide rings is 1. The van der Waals surface area contributed by atoms with Crippen LogP contribution in [0.5, 0.6) is 0 Å². The van der Waals surface area contributed by atoms with Gasteiger partial charge in [-0.15, -0.1) is 36.8 Å². The molecule has 150 heavy (non-hydrogen) atoms. The standard InChI is InChI=1S/C42H88NO7P.C36H73ClO4P.C36H74O4P.C6H15NO3.C3H5ClO.ClH/c1-3-5-7-9-11-13-15-17-18-20-22-24-26-28-37-49-40-42(29-27-25-23-21-19-16-14-12-10-8-6-4-2)50-51(48)38-30-41(47)39-43(31-34-44,32-35-45)33-36-46;1-3-5-7-9-11-13-15-17-18-20-22-24-26-28-31-40-34-36(41-42(39)32-30-35(38)33-37)29-27-25-23-21-19-16-14-12-10-8-6-4-2;1-4-6-8-10-12-14-16-18-19-21-23-25-27-29-32-39-34-36(40-41(38)33-31-35(3)37)30-28-26-24-22-20-17-15-13-11-9-7-5-2;8-4-1-7(2-5-9)3-6-10;4-1-3-2-5-3;/h41-42,44-47H,3-40H2,1-2H3;35-36,38H,3-34H2,1-2H3;35-37H,4-34H2,1-3H3;8-10H,1-6H2;3H,1-2H2;1H/q+2;2*+1;;;/p-1. The van der Waals surface area contributed by atoms with Crippen molar-refractivity contribution >= 4 is 47.3 Å². The van der Waals surface area contributed by atoms with Crippen molar-refractivity contribution in [1.29, 1.82) is 0 Å². The lowest BCUT2D eigenvalue weighted by Gasteiger charge is -2.38. The van der Waals surface area contributed by atoms with Crippen LogP contribution in [0.1, 0.15) is 588 Å². The molecule has 10 unspecified atom stereocenters. The number of aliphatic hydroxyl groups is 9. The SMILES string of the molecule is CCCCCCCCCCCCCCCCOCC(CCCCCCCCCCCCCC)O[P+](=O)CCC(C)O.CCCCCCCCCCCCCCCCOCC(CCCCCCCCCCCCCC)O[P+](=O)CCC(O)CCl.CCCCCCCCCCCCCCCCOCC(CCCCCCCCCCCCCC)O[P+](=O)CCC(O)C[N+](CCO)(CCO)CCO.ClCC1CO1.OCCN(CCO)CCO.[Cl-]. The second-order valence-electron chi connectivity index (χ2n) is 44.1. The number of halogens is 3. The first kappa shape index (κ1) is 159. The van der Waals surface area contributed by atoms with Crippen molar-refractivity contribution in [1.82, 2.24) is 4.90 Å². The first-order valence-corrected chi connectivity index (χ1v) is 69.2. The lowest BCUT2D eigenvalue weighted by Crippen LogP contribution is -3.00. The summed E-state index contributed by atoms with van der Waals surface area (Å²) in [6.07, 6.45) is 107. The van der Waals surface area contributed by atoms with Crippen LogP contribution in [-0.4, -0.2) is 260 Å². The van der Waals surface area contributed by atoms with Gasteiger partial charge >= 0.3 is 24.1 Å². The molecule has 1 saturated heterocycles. The van der Waals surface area contributed by atoms with Crippen LogP contribution in [0.4, 0.5) is 0 Å². The van der Waals surface area contributed by atoms with Crippen molar-refractivity contribution in [2.75, 3.05) is 162 Å². The van der Waals surface area contributed by atoms with Crippen molar-refractivity contribution < 1.29 is 109 Å². The van der Waals surface area contributed by atoms with Crippen LogP contribution in [0.2, 0.25) is 0 Å². The number of hydrogen-bond donors (Lipinski definition) is 9. The highest BCUT2D eigenvalue weighted by Gasteiger charge is 2.34. The Morgan fingerprint density at radius 3 is 0.653 bits per heavy atom. The van der Waals surface area contributed by atoms with E-state index in [1.54, 1.807) is 11.8 Å². The molecule has 10 atom stereocenters. The molecule has 0 aromatic rings. The molecule has 0 amide bonds. The molecule has 9 N–H and O–H groups in total. The smallest absolute Gasteiger partial charge is 0.508 e. The number of hydrogen-bond acceptors (Lipinski definition) is 20. The quantitative estimate of drug-likeness (QED) is 0.00898. The number of ether oxygens (including phenoxy) is 4. The normalized spacial score (nSPS) is 13.9. The van der Waals surface area contributed by atoms with Crippen molar-refractivity contribution in [2.45, 2.75) is 631 Å². The Morgan fingerprint density at radius 1 is 0.287 bits per heavy atom. The molecule has 1 heterocycles. The number of aliphatic hydroxyl groups excluding tert-OH is 9. The van der Waals surface area contributed by atoms with Crippen molar-refractivity contribution in [3.05, 3.63) is 0 Å². The molecule has 1 fully saturated rings. The van der Waals surface area contributed by atoms with Crippen molar-refractivity contribution in [3.63, 3.8) is 0 Å². The number of unbranched alkanes of at least 4 members (excludes halogenated alkanes) is 72. The summed E-state index contributed by atoms with van der Waals surface area (Å²) in [5.41, 5.74) is 0. The predicted octanol–water partition coefficient (Wildman–Crippen LogP) is 31.3. The zero-order valence-electron chi connectivity index (χ0n) is 99.6. The van der Waals surface area contributed by atoms with Crippen molar-refractivity contribution in [2.24, 2.45) is 0 Å². The van der Waals surface area contributed by atoms with Crippen LogP contribution in [-0.2, 0) is 46.2 Å². The minimum Gasteiger partial charge on any atom is -1.00 e. The van der Waals surface area contributed by atoms with Gasteiger partial charge < -0.3 is 81.8 Å². The van der Waals surface area contributed by atoms with Crippen LogP contribution < -0.4 is 12.4 Å². The predicted molar refractivity (Wildman–Crippen MR) is 640 cm³/mol. The minimum absolute atomic E-state index is 0. The van der Waals surface area contributed by atoms with Crippen molar-refractivity contribution in [3.8, 4) is 0 Å². The summed E-state index contributed by atoms with van der Waals surface area (Å²) in [4.78, 5) is 1.79. The van der Waals surface area contributed by atoms with Gasteiger partial charge in [-0.25, -0.2) is 0 Å². The number of nitrogens with zero attached hydrogens (tertiary/aromatic N) is 2. The summed E-state index contributed by atoms with van der Waals surface area (Å²) in [6, 6.07) is 0. The first-order chi connectivity index (χ1) is 73.0. The van der Waals surface area contributed by atoms with Crippen LogP contribution in [0, 0.1) is 0 Å². The molecule has 0 saturated carbocycles. The molecule has 904 valence electrons. The van der Waals surface area contributed by atoms with Gasteiger partial charge in [0, 0.05) is 64.6 Å². The molecule has 27 heteroatoms. The van der Waals surface area contributed by atoms with E-state index in [0.29, 0.717) is 109 Å². The van der Waals surface area contributed by atoms with Gasteiger partial charge in [0.15, 0.2) is 18.5 Å². The molecule has 0 aromatic carbocycles. The van der Waals surface area contributed by atoms with E-state index in [0.717, 1.165) is 84.0 Å². The summed E-state index contributed by atoms with van der Waals surface area (Å²) in [5.74, 6) is 0.841. The third-order valence-corrected chi connectivity index (χ3v) is 33.3. The number of rotatable bonds is 121. The average molecular weight is 2270 g/mol. The highest BCUT2D eigenvalue weighted by Crippen LogP contribution is 2.33. The van der Waals surface area contributed by atoms with E-state index in [1.807, 2.05) is 0 Å². The van der Waals surface area contributed by atoms with E-state index in [-0.39, 0.29) is 93.4 Å². The van der Waals surface area contributed by atoms with Gasteiger partial charge in [0.25, 0.3) is 0 Å². The van der Waals surface area contributed by atoms with Crippen LogP contribution in [0.15, 0.2) is 0 Å². The summed E-state index contributed by atoms with van der Waals surface area (Å²) < 4.78 is 78.7. The Hall–Kier alpha value is 0.450. The molecule has 1 rings (SSSR count). The molecule has 0 bridgehead atoms. The largest absolute Gasteiger partial charge is 1.00 e. The maximum Gasteiger partial charge on any atom is 0.508 e. The monoisotopic (exact) mass is 2260 g/mol. The van der Waals surface area contributed by atoms with E-state index in [1.165, 1.54) is 456 Å². The van der Waals surface area contributed by atoms with E-state index in [9.17, 15) is 44.3 Å². The molecule has 0 spiro atoms. The first-order valence-electron chi connectivity index (χ1n) is 64.1. The molecule has 1 aliphatic rings. The fraction of sp³-hybridized carbons (Fsp3) is 1.00. The third kappa shape index (κ3) is 132. The van der Waals surface area contributed by atoms with Gasteiger partial charge in [-0.05, 0) is 59.1 Å². The van der Waals surface area contributed by atoms with Gasteiger partial charge in [0.1, 0.15) is 50.6 Å². The van der Waals surface area contributed by atoms with E-state index in [2.05, 4.69) is 41.5 Å². The lowest BCUT2D eigenvalue weighted by atomic mass is 10.0. The number of quaternary nitrogens is 1. The molecule has 0 aliphatic carbocycles. The fourth-order valence-electron chi connectivity index (χ4n) is 19.2. The summed E-state index contributed by atoms with van der Waals surface area (Å²) in [7, 11) is -5.47.